The molecule has 0 amide bonds. The molecule has 4 unspecified atom stereocenters. The summed E-state index contributed by atoms with van der Waals surface area (Å²) in [5.41, 5.74) is 0.168. The number of aliphatic hydroxyl groups is 1. The van der Waals surface area contributed by atoms with Gasteiger partial charge in [0.05, 0.1) is 24.4 Å². The van der Waals surface area contributed by atoms with Crippen LogP contribution in [0.4, 0.5) is 0 Å². The third kappa shape index (κ3) is 10.6. The quantitative estimate of drug-likeness (QED) is 0.246. The van der Waals surface area contributed by atoms with Crippen molar-refractivity contribution in [2.75, 3.05) is 19.8 Å². The first-order valence-electron chi connectivity index (χ1n) is 9.60. The number of carbonyl (C=O) groups is 4. The lowest BCUT2D eigenvalue weighted by Crippen LogP contribution is -2.31. The van der Waals surface area contributed by atoms with Crippen molar-refractivity contribution in [3.63, 3.8) is 0 Å². The number of aliphatic carboxylic acids is 1. The maximum atomic E-state index is 12.5. The zero-order valence-corrected chi connectivity index (χ0v) is 17.5. The van der Waals surface area contributed by atoms with Crippen molar-refractivity contribution in [1.82, 2.24) is 0 Å². The van der Waals surface area contributed by atoms with Gasteiger partial charge < -0.3 is 24.4 Å². The molecule has 9 nitrogen and oxygen atoms in total. The molecule has 0 saturated carbocycles. The van der Waals surface area contributed by atoms with E-state index in [4.69, 9.17) is 14.2 Å². The second-order valence-corrected chi connectivity index (χ2v) is 6.93. The van der Waals surface area contributed by atoms with E-state index >= 15 is 0 Å². The third-order valence-corrected chi connectivity index (χ3v) is 4.24. The largest absolute Gasteiger partial charge is 0.481 e. The van der Waals surface area contributed by atoms with E-state index in [9.17, 15) is 29.4 Å². The average Bonchev–Trinajstić information content (AvgIpc) is 2.66. The predicted molar refractivity (Wildman–Crippen MR) is 103 cm³/mol. The molecule has 4 atom stereocenters. The lowest BCUT2D eigenvalue weighted by molar-refractivity contribution is -0.157. The summed E-state index contributed by atoms with van der Waals surface area (Å²) in [4.78, 5) is 47.0. The summed E-state index contributed by atoms with van der Waals surface area (Å²) in [6.07, 6.45) is -0.879. The molecule has 0 aromatic heterocycles. The van der Waals surface area contributed by atoms with Gasteiger partial charge in [-0.1, -0.05) is 20.4 Å². The van der Waals surface area contributed by atoms with Crippen molar-refractivity contribution in [1.29, 1.82) is 0 Å². The van der Waals surface area contributed by atoms with Gasteiger partial charge in [0, 0.05) is 5.57 Å². The van der Waals surface area contributed by atoms with E-state index in [1.807, 2.05) is 0 Å². The number of carboxylic acid groups (broad SMARTS) is 1. The number of carbonyl (C=O) groups excluding carboxylic acids is 3. The van der Waals surface area contributed by atoms with Gasteiger partial charge in [0.2, 0.25) is 0 Å². The van der Waals surface area contributed by atoms with Crippen LogP contribution in [0.1, 0.15) is 47.0 Å². The van der Waals surface area contributed by atoms with Crippen LogP contribution >= 0.6 is 0 Å². The Balaban J connectivity index is 4.94. The number of aliphatic hydroxyl groups excluding tert-OH is 1. The first kappa shape index (κ1) is 26.6. The van der Waals surface area contributed by atoms with E-state index < -0.39 is 54.3 Å². The first-order chi connectivity index (χ1) is 13.5. The van der Waals surface area contributed by atoms with Crippen LogP contribution < -0.4 is 0 Å². The third-order valence-electron chi connectivity index (χ3n) is 4.24. The number of ether oxygens (including phenoxy) is 3. The SMILES string of the molecule is C=C(C)C(=O)OCC(O)COC(=O)C(CC(C)C(=O)OCC)CC(CC)C(=O)O. The van der Waals surface area contributed by atoms with Gasteiger partial charge in [-0.05, 0) is 33.1 Å². The second-order valence-electron chi connectivity index (χ2n) is 6.93. The van der Waals surface area contributed by atoms with Gasteiger partial charge in [-0.25, -0.2) is 4.79 Å². The number of esters is 3. The molecule has 0 aliphatic heterocycles. The van der Waals surface area contributed by atoms with E-state index in [0.717, 1.165) is 0 Å². The van der Waals surface area contributed by atoms with Crippen LogP contribution in [0.3, 0.4) is 0 Å². The van der Waals surface area contributed by atoms with E-state index in [2.05, 4.69) is 6.58 Å². The first-order valence-corrected chi connectivity index (χ1v) is 9.60. The normalized spacial score (nSPS) is 14.8. The monoisotopic (exact) mass is 416 g/mol. The van der Waals surface area contributed by atoms with Crippen LogP contribution in [0.2, 0.25) is 0 Å². The smallest absolute Gasteiger partial charge is 0.333 e. The second kappa shape index (κ2) is 13.7. The zero-order chi connectivity index (χ0) is 22.6. The summed E-state index contributed by atoms with van der Waals surface area (Å²) in [6.45, 7) is 9.19. The molecule has 29 heavy (non-hydrogen) atoms. The minimum Gasteiger partial charge on any atom is -0.481 e. The van der Waals surface area contributed by atoms with Crippen molar-refractivity contribution in [2.45, 2.75) is 53.1 Å². The van der Waals surface area contributed by atoms with Gasteiger partial charge in [0.15, 0.2) is 0 Å². The van der Waals surface area contributed by atoms with Crippen LogP contribution in [0.5, 0.6) is 0 Å². The van der Waals surface area contributed by atoms with Gasteiger partial charge in [0.1, 0.15) is 19.3 Å². The summed E-state index contributed by atoms with van der Waals surface area (Å²) in [6, 6.07) is 0. The molecule has 0 rings (SSSR count). The lowest BCUT2D eigenvalue weighted by Gasteiger charge is -2.22. The highest BCUT2D eigenvalue weighted by atomic mass is 16.6. The molecule has 166 valence electrons. The lowest BCUT2D eigenvalue weighted by atomic mass is 9.86. The molecule has 0 aliphatic rings. The minimum absolute atomic E-state index is 0.00481. The Hall–Kier alpha value is -2.42. The molecular formula is C20H32O9. The summed E-state index contributed by atoms with van der Waals surface area (Å²) in [7, 11) is 0. The van der Waals surface area contributed by atoms with E-state index in [-0.39, 0.29) is 31.6 Å². The predicted octanol–water partition coefficient (Wildman–Crippen LogP) is 1.72. The summed E-state index contributed by atoms with van der Waals surface area (Å²) in [5.74, 6) is -5.19. The molecule has 0 aromatic rings. The molecule has 0 spiro atoms. The van der Waals surface area contributed by atoms with Crippen molar-refractivity contribution < 1.29 is 43.6 Å². The van der Waals surface area contributed by atoms with E-state index in [1.54, 1.807) is 20.8 Å². The fourth-order valence-electron chi connectivity index (χ4n) is 2.52. The number of carboxylic acids is 1. The Bertz CT molecular complexity index is 585. The summed E-state index contributed by atoms with van der Waals surface area (Å²) >= 11 is 0. The highest BCUT2D eigenvalue weighted by Gasteiger charge is 2.31. The highest BCUT2D eigenvalue weighted by Crippen LogP contribution is 2.25. The Labute approximate surface area is 171 Å². The highest BCUT2D eigenvalue weighted by molar-refractivity contribution is 5.86. The Morgan fingerprint density at radius 2 is 1.52 bits per heavy atom. The van der Waals surface area contributed by atoms with E-state index in [1.165, 1.54) is 6.92 Å². The number of rotatable bonds is 14. The molecule has 0 aromatic carbocycles. The van der Waals surface area contributed by atoms with Crippen LogP contribution in [0.15, 0.2) is 12.2 Å². The zero-order valence-electron chi connectivity index (χ0n) is 17.5. The molecule has 0 fully saturated rings. The van der Waals surface area contributed by atoms with E-state index in [0.29, 0.717) is 6.42 Å². The average molecular weight is 416 g/mol. The van der Waals surface area contributed by atoms with Gasteiger partial charge in [-0.2, -0.15) is 0 Å². The van der Waals surface area contributed by atoms with Crippen molar-refractivity contribution in [3.8, 4) is 0 Å². The van der Waals surface area contributed by atoms with Crippen molar-refractivity contribution in [3.05, 3.63) is 12.2 Å². The topological polar surface area (TPSA) is 136 Å². The molecule has 0 bridgehead atoms. The van der Waals surface area contributed by atoms with Crippen LogP contribution in [0.25, 0.3) is 0 Å². The number of hydrogen-bond donors (Lipinski definition) is 2. The van der Waals surface area contributed by atoms with Crippen LogP contribution in [0, 0.1) is 17.8 Å². The maximum Gasteiger partial charge on any atom is 0.333 e. The molecule has 0 heterocycles. The molecule has 2 N–H and O–H groups in total. The van der Waals surface area contributed by atoms with Crippen molar-refractivity contribution >= 4 is 23.9 Å². The molecular weight excluding hydrogens is 384 g/mol. The number of hydrogen-bond acceptors (Lipinski definition) is 8. The Kier molecular flexibility index (Phi) is 12.6. The van der Waals surface area contributed by atoms with Gasteiger partial charge in [0.25, 0.3) is 0 Å². The summed E-state index contributed by atoms with van der Waals surface area (Å²) < 4.78 is 14.8. The van der Waals surface area contributed by atoms with Crippen LogP contribution in [-0.4, -0.2) is 60.0 Å². The van der Waals surface area contributed by atoms with Gasteiger partial charge in [-0.15, -0.1) is 0 Å². The van der Waals surface area contributed by atoms with Crippen molar-refractivity contribution in [2.24, 2.45) is 17.8 Å². The Morgan fingerprint density at radius 3 is 2.00 bits per heavy atom. The summed E-state index contributed by atoms with van der Waals surface area (Å²) in [5, 5.41) is 19.1. The maximum absolute atomic E-state index is 12.5. The fourth-order valence-corrected chi connectivity index (χ4v) is 2.52. The van der Waals surface area contributed by atoms with Gasteiger partial charge >= 0.3 is 23.9 Å². The standard InChI is InChI=1S/C20H32O9/c1-6-14(17(22)23)9-15(8-13(5)19(25)27-7-2)20(26)29-11-16(21)10-28-18(24)12(3)4/h13-16,21H,3,6-11H2,1-2,4-5H3,(H,22,23). The fraction of sp³-hybridized carbons (Fsp3) is 0.700. The van der Waals surface area contributed by atoms with Gasteiger partial charge in [-0.3, -0.25) is 14.4 Å². The van der Waals surface area contributed by atoms with Crippen LogP contribution in [-0.2, 0) is 33.4 Å². The molecule has 0 radical (unpaired) electrons. The minimum atomic E-state index is -1.24. The Morgan fingerprint density at radius 1 is 0.931 bits per heavy atom. The molecule has 9 heteroatoms. The molecule has 0 saturated heterocycles. The molecule has 0 aliphatic carbocycles.